The molecule has 0 amide bonds. The normalized spacial score (nSPS) is 15.9. The molecule has 6 heteroatoms. The Bertz CT molecular complexity index is 446. The van der Waals surface area contributed by atoms with E-state index in [2.05, 4.69) is 0 Å². The van der Waals surface area contributed by atoms with Gasteiger partial charge >= 0.3 is 5.97 Å². The predicted molar refractivity (Wildman–Crippen MR) is 60.2 cm³/mol. The van der Waals surface area contributed by atoms with E-state index in [1.807, 2.05) is 5.01 Å². The third-order valence-corrected chi connectivity index (χ3v) is 2.72. The van der Waals surface area contributed by atoms with E-state index in [4.69, 9.17) is 9.84 Å². The molecule has 0 spiro atoms. The van der Waals surface area contributed by atoms with Crippen LogP contribution in [0.1, 0.15) is 27.8 Å². The maximum Gasteiger partial charge on any atom is 0.354 e. The van der Waals surface area contributed by atoms with Crippen LogP contribution in [0.3, 0.4) is 0 Å². The molecule has 0 bridgehead atoms. The van der Waals surface area contributed by atoms with Gasteiger partial charge < -0.3 is 14.9 Å². The van der Waals surface area contributed by atoms with Crippen molar-refractivity contribution in [2.24, 2.45) is 0 Å². The van der Waals surface area contributed by atoms with Crippen LogP contribution in [0.5, 0.6) is 0 Å². The highest BCUT2D eigenvalue weighted by molar-refractivity contribution is 5.97. The first-order valence-corrected chi connectivity index (χ1v) is 5.39. The van der Waals surface area contributed by atoms with Gasteiger partial charge in [0.05, 0.1) is 26.3 Å². The molecule has 92 valence electrons. The number of Topliss-reactive ketones (excluding diaryl/α,β-unsaturated/α-hetero) is 1. The van der Waals surface area contributed by atoms with Gasteiger partial charge in [0, 0.05) is 11.8 Å². The zero-order chi connectivity index (χ0) is 12.4. The molecule has 2 rings (SSSR count). The number of hydrogen-bond acceptors (Lipinski definition) is 4. The number of carboxylic acids is 1. The second kappa shape index (κ2) is 4.58. The summed E-state index contributed by atoms with van der Waals surface area (Å²) in [4.78, 5) is 22.4. The summed E-state index contributed by atoms with van der Waals surface area (Å²) in [5.41, 5.74) is 0.519. The van der Waals surface area contributed by atoms with E-state index in [1.165, 1.54) is 17.7 Å². The number of carbonyl (C=O) groups is 2. The van der Waals surface area contributed by atoms with E-state index in [9.17, 15) is 9.59 Å². The van der Waals surface area contributed by atoms with Gasteiger partial charge in [0.15, 0.2) is 5.78 Å². The summed E-state index contributed by atoms with van der Waals surface area (Å²) in [6, 6.07) is 1.40. The van der Waals surface area contributed by atoms with Crippen LogP contribution in [-0.2, 0) is 4.74 Å². The lowest BCUT2D eigenvalue weighted by Crippen LogP contribution is -2.44. The van der Waals surface area contributed by atoms with Crippen LogP contribution in [0.25, 0.3) is 0 Å². The minimum Gasteiger partial charge on any atom is -0.477 e. The van der Waals surface area contributed by atoms with Crippen molar-refractivity contribution < 1.29 is 19.4 Å². The molecule has 17 heavy (non-hydrogen) atoms. The van der Waals surface area contributed by atoms with Gasteiger partial charge in [0.2, 0.25) is 0 Å². The number of carboxylic acid groups (broad SMARTS) is 1. The summed E-state index contributed by atoms with van der Waals surface area (Å²) < 4.78 is 6.74. The Kier molecular flexibility index (Phi) is 3.14. The van der Waals surface area contributed by atoms with Crippen LogP contribution in [0, 0.1) is 0 Å². The molecule has 1 aliphatic rings. The Balaban J connectivity index is 2.36. The Hall–Kier alpha value is -1.82. The first-order valence-electron chi connectivity index (χ1n) is 5.39. The second-order valence-corrected chi connectivity index (χ2v) is 3.89. The Morgan fingerprint density at radius 2 is 2.00 bits per heavy atom. The van der Waals surface area contributed by atoms with Crippen LogP contribution in [0.4, 0.5) is 0 Å². The maximum absolute atomic E-state index is 11.3. The molecule has 0 radical (unpaired) electrons. The largest absolute Gasteiger partial charge is 0.477 e. The van der Waals surface area contributed by atoms with Crippen molar-refractivity contribution in [1.82, 2.24) is 4.68 Å². The number of aromatic carboxylic acids is 1. The van der Waals surface area contributed by atoms with Crippen LogP contribution in [0.15, 0.2) is 12.3 Å². The summed E-state index contributed by atoms with van der Waals surface area (Å²) in [7, 11) is 0. The summed E-state index contributed by atoms with van der Waals surface area (Å²) in [5.74, 6) is -1.18. The van der Waals surface area contributed by atoms with Gasteiger partial charge in [0.25, 0.3) is 0 Å². The fourth-order valence-electron chi connectivity index (χ4n) is 1.81. The maximum atomic E-state index is 11.3. The van der Waals surface area contributed by atoms with E-state index in [-0.39, 0.29) is 11.5 Å². The minimum atomic E-state index is -1.04. The predicted octanol–water partition coefficient (Wildman–Crippen LogP) is 0.357. The number of nitrogens with zero attached hydrogens (tertiary/aromatic N) is 2. The van der Waals surface area contributed by atoms with Gasteiger partial charge in [-0.05, 0) is 13.0 Å². The lowest BCUT2D eigenvalue weighted by atomic mass is 10.2. The van der Waals surface area contributed by atoms with Crippen molar-refractivity contribution in [3.8, 4) is 0 Å². The third-order valence-electron chi connectivity index (χ3n) is 2.72. The fraction of sp³-hybridized carbons (Fsp3) is 0.455. The standard InChI is InChI=1S/C11H14N2O4/c1-8(14)9-6-10(11(15)16)13(7-9)12-2-4-17-5-3-12/h6-7H,2-5H2,1H3,(H,15,16). The molecule has 0 aliphatic carbocycles. The van der Waals surface area contributed by atoms with E-state index in [1.54, 1.807) is 6.20 Å². The quantitative estimate of drug-likeness (QED) is 0.770. The summed E-state index contributed by atoms with van der Waals surface area (Å²) in [6.45, 7) is 3.78. The Labute approximate surface area is 98.4 Å². The molecule has 1 aliphatic heterocycles. The van der Waals surface area contributed by atoms with Gasteiger partial charge in [-0.1, -0.05) is 0 Å². The Morgan fingerprint density at radius 3 is 2.53 bits per heavy atom. The van der Waals surface area contributed by atoms with Gasteiger partial charge in [-0.15, -0.1) is 0 Å². The van der Waals surface area contributed by atoms with Crippen LogP contribution < -0.4 is 5.01 Å². The molecule has 2 heterocycles. The zero-order valence-corrected chi connectivity index (χ0v) is 9.55. The SMILES string of the molecule is CC(=O)c1cc(C(=O)O)n(N2CCOCC2)c1. The number of rotatable bonds is 3. The molecule has 1 aromatic heterocycles. The van der Waals surface area contributed by atoms with Gasteiger partial charge in [-0.3, -0.25) is 9.47 Å². The highest BCUT2D eigenvalue weighted by atomic mass is 16.5. The molecule has 0 unspecified atom stereocenters. The molecular formula is C11H14N2O4. The average Bonchev–Trinajstić information content (AvgIpc) is 2.75. The first kappa shape index (κ1) is 11.7. The van der Waals surface area contributed by atoms with Crippen molar-refractivity contribution in [2.45, 2.75) is 6.92 Å². The van der Waals surface area contributed by atoms with Crippen LogP contribution >= 0.6 is 0 Å². The van der Waals surface area contributed by atoms with E-state index in [0.29, 0.717) is 31.9 Å². The van der Waals surface area contributed by atoms with Gasteiger partial charge in [0.1, 0.15) is 5.69 Å². The average molecular weight is 238 g/mol. The second-order valence-electron chi connectivity index (χ2n) is 3.89. The molecule has 6 nitrogen and oxygen atoms in total. The lowest BCUT2D eigenvalue weighted by Gasteiger charge is -2.30. The molecule has 1 saturated heterocycles. The number of ketones is 1. The zero-order valence-electron chi connectivity index (χ0n) is 9.55. The number of hydrogen-bond donors (Lipinski definition) is 1. The van der Waals surface area contributed by atoms with Crippen LogP contribution in [0.2, 0.25) is 0 Å². The summed E-state index contributed by atoms with van der Waals surface area (Å²) in [5, 5.41) is 11.0. The van der Waals surface area contributed by atoms with Crippen molar-refractivity contribution >= 4 is 11.8 Å². The van der Waals surface area contributed by atoms with E-state index < -0.39 is 5.97 Å². The molecular weight excluding hydrogens is 224 g/mol. The van der Waals surface area contributed by atoms with Crippen LogP contribution in [-0.4, -0.2) is 47.8 Å². The number of carbonyl (C=O) groups excluding carboxylic acids is 1. The molecule has 0 saturated carbocycles. The topological polar surface area (TPSA) is 71.8 Å². The molecule has 1 fully saturated rings. The molecule has 0 atom stereocenters. The summed E-state index contributed by atoms with van der Waals surface area (Å²) >= 11 is 0. The first-order chi connectivity index (χ1) is 8.09. The highest BCUT2D eigenvalue weighted by Crippen LogP contribution is 2.11. The van der Waals surface area contributed by atoms with Gasteiger partial charge in [-0.25, -0.2) is 4.79 Å². The van der Waals surface area contributed by atoms with Crippen molar-refractivity contribution in [2.75, 3.05) is 31.3 Å². The highest BCUT2D eigenvalue weighted by Gasteiger charge is 2.20. The van der Waals surface area contributed by atoms with Crippen molar-refractivity contribution in [3.63, 3.8) is 0 Å². The van der Waals surface area contributed by atoms with Gasteiger partial charge in [-0.2, -0.15) is 0 Å². The molecule has 1 N–H and O–H groups in total. The van der Waals surface area contributed by atoms with E-state index >= 15 is 0 Å². The fourth-order valence-corrected chi connectivity index (χ4v) is 1.81. The monoisotopic (exact) mass is 238 g/mol. The smallest absolute Gasteiger partial charge is 0.354 e. The van der Waals surface area contributed by atoms with Crippen molar-refractivity contribution in [1.29, 1.82) is 0 Å². The Morgan fingerprint density at radius 1 is 1.35 bits per heavy atom. The molecule has 0 aromatic carbocycles. The number of ether oxygens (including phenoxy) is 1. The lowest BCUT2D eigenvalue weighted by molar-refractivity contribution is 0.0676. The number of aromatic nitrogens is 1. The van der Waals surface area contributed by atoms with Crippen molar-refractivity contribution in [3.05, 3.63) is 23.5 Å². The van der Waals surface area contributed by atoms with E-state index in [0.717, 1.165) is 0 Å². The number of morpholine rings is 1. The molecule has 1 aromatic rings. The minimum absolute atomic E-state index is 0.108. The summed E-state index contributed by atoms with van der Waals surface area (Å²) in [6.07, 6.45) is 1.57. The third kappa shape index (κ3) is 2.31.